The number of hydrogen-bond acceptors (Lipinski definition) is 3. The fourth-order valence-electron chi connectivity index (χ4n) is 1.32. The lowest BCUT2D eigenvalue weighted by molar-refractivity contribution is 0.0847. The Morgan fingerprint density at radius 3 is 2.82 bits per heavy atom. The molecule has 2 N–H and O–H groups in total. The van der Waals surface area contributed by atoms with Gasteiger partial charge in [0.1, 0.15) is 0 Å². The number of aliphatic hydroxyl groups excluding tert-OH is 1. The van der Waals surface area contributed by atoms with Crippen LogP contribution in [-0.4, -0.2) is 23.2 Å². The summed E-state index contributed by atoms with van der Waals surface area (Å²) in [6.45, 7) is 3.55. The lowest BCUT2D eigenvalue weighted by atomic mass is 9.99. The Kier molecular flexibility index (Phi) is 4.24. The number of benzene rings is 1. The van der Waals surface area contributed by atoms with Crippen LogP contribution >= 0.6 is 0 Å². The van der Waals surface area contributed by atoms with Gasteiger partial charge in [-0.3, -0.25) is 4.79 Å². The molecule has 0 aliphatic rings. The summed E-state index contributed by atoms with van der Waals surface area (Å²) in [6.07, 6.45) is 0.632. The molecule has 1 aromatic carbocycles. The van der Waals surface area contributed by atoms with E-state index in [1.54, 1.807) is 25.1 Å². The third-order valence-corrected chi connectivity index (χ3v) is 2.80. The molecule has 0 aliphatic heterocycles. The molecule has 0 aromatic heterocycles. The van der Waals surface area contributed by atoms with Crippen LogP contribution in [0.15, 0.2) is 24.3 Å². The minimum atomic E-state index is -0.625. The Hall–Kier alpha value is -1.86. The molecule has 0 radical (unpaired) electrons. The molecule has 0 aliphatic carbocycles. The van der Waals surface area contributed by atoms with Crippen molar-refractivity contribution in [1.29, 1.82) is 5.26 Å². The SMILES string of the molecule is CCC(C)(CO)NC(=O)c1cccc(C#N)c1. The molecule has 17 heavy (non-hydrogen) atoms. The van der Waals surface area contributed by atoms with Gasteiger partial charge in [0.15, 0.2) is 0 Å². The normalized spacial score (nSPS) is 13.5. The Morgan fingerprint density at radius 1 is 1.59 bits per heavy atom. The first kappa shape index (κ1) is 13.2. The van der Waals surface area contributed by atoms with E-state index < -0.39 is 5.54 Å². The third kappa shape index (κ3) is 3.30. The van der Waals surface area contributed by atoms with Crippen LogP contribution in [0.3, 0.4) is 0 Å². The van der Waals surface area contributed by atoms with Gasteiger partial charge in [0.25, 0.3) is 5.91 Å². The van der Waals surface area contributed by atoms with Gasteiger partial charge in [-0.25, -0.2) is 0 Å². The highest BCUT2D eigenvalue weighted by atomic mass is 16.3. The van der Waals surface area contributed by atoms with Crippen LogP contribution < -0.4 is 5.32 Å². The number of rotatable bonds is 4. The first-order valence-electron chi connectivity index (χ1n) is 5.48. The van der Waals surface area contributed by atoms with Crippen molar-refractivity contribution in [2.24, 2.45) is 0 Å². The van der Waals surface area contributed by atoms with Crippen LogP contribution in [-0.2, 0) is 0 Å². The number of nitriles is 1. The summed E-state index contributed by atoms with van der Waals surface area (Å²) >= 11 is 0. The largest absolute Gasteiger partial charge is 0.394 e. The summed E-state index contributed by atoms with van der Waals surface area (Å²) in [5.74, 6) is -0.277. The predicted octanol–water partition coefficient (Wildman–Crippen LogP) is 1.45. The van der Waals surface area contributed by atoms with Gasteiger partial charge in [0.2, 0.25) is 0 Å². The third-order valence-electron chi connectivity index (χ3n) is 2.80. The van der Waals surface area contributed by atoms with E-state index in [-0.39, 0.29) is 12.5 Å². The maximum atomic E-state index is 11.9. The molecular weight excluding hydrogens is 216 g/mol. The van der Waals surface area contributed by atoms with Gasteiger partial charge in [-0.1, -0.05) is 13.0 Å². The molecule has 0 bridgehead atoms. The van der Waals surface area contributed by atoms with E-state index in [9.17, 15) is 9.90 Å². The first-order valence-corrected chi connectivity index (χ1v) is 5.48. The molecule has 4 heteroatoms. The van der Waals surface area contributed by atoms with E-state index in [1.165, 1.54) is 6.07 Å². The van der Waals surface area contributed by atoms with Gasteiger partial charge < -0.3 is 10.4 Å². The van der Waals surface area contributed by atoms with E-state index in [0.717, 1.165) is 0 Å². The molecule has 1 unspecified atom stereocenters. The van der Waals surface area contributed by atoms with E-state index in [1.807, 2.05) is 13.0 Å². The van der Waals surface area contributed by atoms with Crippen LogP contribution in [0.1, 0.15) is 36.2 Å². The lowest BCUT2D eigenvalue weighted by Gasteiger charge is -2.27. The van der Waals surface area contributed by atoms with Crippen molar-refractivity contribution in [3.63, 3.8) is 0 Å². The molecular formula is C13H16N2O2. The van der Waals surface area contributed by atoms with Crippen LogP contribution in [0.5, 0.6) is 0 Å². The van der Waals surface area contributed by atoms with Crippen molar-refractivity contribution < 1.29 is 9.90 Å². The summed E-state index contributed by atoms with van der Waals surface area (Å²) in [6, 6.07) is 8.46. The van der Waals surface area contributed by atoms with Crippen molar-refractivity contribution in [3.05, 3.63) is 35.4 Å². The average Bonchev–Trinajstić information content (AvgIpc) is 2.38. The molecule has 4 nitrogen and oxygen atoms in total. The van der Waals surface area contributed by atoms with Crippen molar-refractivity contribution in [2.45, 2.75) is 25.8 Å². The van der Waals surface area contributed by atoms with Gasteiger partial charge in [-0.2, -0.15) is 5.26 Å². The van der Waals surface area contributed by atoms with Gasteiger partial charge in [0, 0.05) is 5.56 Å². The molecule has 0 fully saturated rings. The van der Waals surface area contributed by atoms with Crippen molar-refractivity contribution in [1.82, 2.24) is 5.32 Å². The highest BCUT2D eigenvalue weighted by molar-refractivity contribution is 5.95. The van der Waals surface area contributed by atoms with E-state index in [2.05, 4.69) is 5.32 Å². The predicted molar refractivity (Wildman–Crippen MR) is 64.4 cm³/mol. The number of nitrogens with zero attached hydrogens (tertiary/aromatic N) is 1. The minimum absolute atomic E-state index is 0.118. The van der Waals surface area contributed by atoms with Crippen LogP contribution in [0.4, 0.5) is 0 Å². The second-order valence-corrected chi connectivity index (χ2v) is 4.22. The molecule has 0 heterocycles. The molecule has 1 amide bonds. The summed E-state index contributed by atoms with van der Waals surface area (Å²) < 4.78 is 0. The molecule has 1 atom stereocenters. The number of carbonyl (C=O) groups excluding carboxylic acids is 1. The van der Waals surface area contributed by atoms with Crippen LogP contribution in [0.2, 0.25) is 0 Å². The number of hydrogen-bond donors (Lipinski definition) is 2. The van der Waals surface area contributed by atoms with Crippen LogP contribution in [0.25, 0.3) is 0 Å². The summed E-state index contributed by atoms with van der Waals surface area (Å²) in [5, 5.41) is 20.7. The zero-order valence-electron chi connectivity index (χ0n) is 10.0. The zero-order chi connectivity index (χ0) is 12.9. The Morgan fingerprint density at radius 2 is 2.29 bits per heavy atom. The molecule has 1 aromatic rings. The molecule has 0 saturated carbocycles. The monoisotopic (exact) mass is 232 g/mol. The Labute approximate surface area is 101 Å². The van der Waals surface area contributed by atoms with Crippen LogP contribution in [0, 0.1) is 11.3 Å². The number of carbonyl (C=O) groups is 1. The molecule has 0 saturated heterocycles. The quantitative estimate of drug-likeness (QED) is 0.825. The fourth-order valence-corrected chi connectivity index (χ4v) is 1.32. The number of amides is 1. The minimum Gasteiger partial charge on any atom is -0.394 e. The van der Waals surface area contributed by atoms with Crippen molar-refractivity contribution in [2.75, 3.05) is 6.61 Å². The first-order chi connectivity index (χ1) is 8.04. The number of aliphatic hydroxyl groups is 1. The maximum Gasteiger partial charge on any atom is 0.251 e. The summed E-state index contributed by atoms with van der Waals surface area (Å²) in [4.78, 5) is 11.9. The Bertz CT molecular complexity index is 445. The van der Waals surface area contributed by atoms with E-state index in [4.69, 9.17) is 5.26 Å². The van der Waals surface area contributed by atoms with Gasteiger partial charge in [-0.15, -0.1) is 0 Å². The van der Waals surface area contributed by atoms with Gasteiger partial charge in [-0.05, 0) is 31.5 Å². The Balaban J connectivity index is 2.87. The highest BCUT2D eigenvalue weighted by Crippen LogP contribution is 2.10. The second kappa shape index (κ2) is 5.46. The highest BCUT2D eigenvalue weighted by Gasteiger charge is 2.23. The standard InChI is InChI=1S/C13H16N2O2/c1-3-13(2,9-16)15-12(17)11-6-4-5-10(7-11)8-14/h4-7,16H,3,9H2,1-2H3,(H,15,17). The van der Waals surface area contributed by atoms with Gasteiger partial charge in [0.05, 0.1) is 23.8 Å². The molecule has 90 valence electrons. The number of nitrogens with one attached hydrogen (secondary N) is 1. The van der Waals surface area contributed by atoms with Crippen molar-refractivity contribution in [3.8, 4) is 6.07 Å². The topological polar surface area (TPSA) is 73.1 Å². The molecule has 1 rings (SSSR count). The van der Waals surface area contributed by atoms with Gasteiger partial charge >= 0.3 is 0 Å². The second-order valence-electron chi connectivity index (χ2n) is 4.22. The van der Waals surface area contributed by atoms with E-state index >= 15 is 0 Å². The zero-order valence-corrected chi connectivity index (χ0v) is 10.0. The van der Waals surface area contributed by atoms with E-state index in [0.29, 0.717) is 17.5 Å². The maximum absolute atomic E-state index is 11.9. The average molecular weight is 232 g/mol. The van der Waals surface area contributed by atoms with Crippen molar-refractivity contribution >= 4 is 5.91 Å². The summed E-state index contributed by atoms with van der Waals surface area (Å²) in [7, 11) is 0. The molecule has 0 spiro atoms. The lowest BCUT2D eigenvalue weighted by Crippen LogP contribution is -2.48. The smallest absolute Gasteiger partial charge is 0.251 e. The fraction of sp³-hybridized carbons (Fsp3) is 0.385. The summed E-state index contributed by atoms with van der Waals surface area (Å²) in [5.41, 5.74) is 0.247.